The van der Waals surface area contributed by atoms with E-state index in [0.717, 1.165) is 12.1 Å². The van der Waals surface area contributed by atoms with Gasteiger partial charge >= 0.3 is 0 Å². The third-order valence-electron chi connectivity index (χ3n) is 4.07. The summed E-state index contributed by atoms with van der Waals surface area (Å²) in [4.78, 5) is 27.2. The predicted octanol–water partition coefficient (Wildman–Crippen LogP) is 2.83. The molecule has 2 aromatic carbocycles. The minimum atomic E-state index is -0.201. The minimum Gasteiger partial charge on any atom is -0.484 e. The quantitative estimate of drug-likeness (QED) is 0.625. The molecule has 0 spiro atoms. The van der Waals surface area contributed by atoms with Crippen LogP contribution >= 0.6 is 0 Å². The number of rotatable bonds is 8. The smallest absolute Gasteiger partial charge is 0.258 e. The van der Waals surface area contributed by atoms with Crippen LogP contribution in [0.3, 0.4) is 0 Å². The summed E-state index contributed by atoms with van der Waals surface area (Å²) in [6.45, 7) is 2.64. The number of nitrogens with one attached hydrogen (secondary N) is 1. The Morgan fingerprint density at radius 1 is 1.04 bits per heavy atom. The molecule has 0 fully saturated rings. The first kappa shape index (κ1) is 18.4. The van der Waals surface area contributed by atoms with Gasteiger partial charge in [0, 0.05) is 31.0 Å². The number of hydrogen-bond donors (Lipinski definition) is 1. The summed E-state index contributed by atoms with van der Waals surface area (Å²) in [6, 6.07) is 14.8. The van der Waals surface area contributed by atoms with Crippen molar-refractivity contribution in [3.05, 3.63) is 83.9 Å². The van der Waals surface area contributed by atoms with Crippen LogP contribution in [0.4, 0.5) is 0 Å². The van der Waals surface area contributed by atoms with Crippen LogP contribution in [0.1, 0.15) is 28.4 Å². The summed E-state index contributed by atoms with van der Waals surface area (Å²) in [5.74, 6) is 0.350. The second-order valence-electron chi connectivity index (χ2n) is 6.20. The van der Waals surface area contributed by atoms with Gasteiger partial charge in [0.25, 0.3) is 5.91 Å². The highest BCUT2D eigenvalue weighted by atomic mass is 16.5. The lowest BCUT2D eigenvalue weighted by molar-refractivity contribution is -0.123. The Morgan fingerprint density at radius 3 is 2.37 bits per heavy atom. The van der Waals surface area contributed by atoms with Crippen molar-refractivity contribution in [1.82, 2.24) is 14.9 Å². The Bertz CT molecular complexity index is 885. The van der Waals surface area contributed by atoms with Gasteiger partial charge in [-0.05, 0) is 42.3 Å². The summed E-state index contributed by atoms with van der Waals surface area (Å²) in [5.41, 5.74) is 2.80. The first-order chi connectivity index (χ1) is 13.1. The molecule has 0 aliphatic heterocycles. The van der Waals surface area contributed by atoms with Crippen LogP contribution in [0.15, 0.2) is 67.3 Å². The molecule has 3 aromatic rings. The zero-order chi connectivity index (χ0) is 19.1. The predicted molar refractivity (Wildman–Crippen MR) is 102 cm³/mol. The molecule has 1 amide bonds. The lowest BCUT2D eigenvalue weighted by Gasteiger charge is -2.09. The van der Waals surface area contributed by atoms with E-state index in [4.69, 9.17) is 4.74 Å². The van der Waals surface area contributed by atoms with Gasteiger partial charge < -0.3 is 14.6 Å². The molecule has 1 heterocycles. The number of hydrogen-bond acceptors (Lipinski definition) is 4. The van der Waals surface area contributed by atoms with E-state index in [2.05, 4.69) is 10.3 Å². The SMILES string of the molecule is CC(=O)c1ccc(OCC(=O)NCc2ccc(Cn3ccnc3)cc2)cc1. The molecule has 0 atom stereocenters. The fourth-order valence-corrected chi connectivity index (χ4v) is 2.54. The van der Waals surface area contributed by atoms with E-state index in [9.17, 15) is 9.59 Å². The van der Waals surface area contributed by atoms with Crippen molar-refractivity contribution in [2.24, 2.45) is 0 Å². The molecule has 3 rings (SSSR count). The lowest BCUT2D eigenvalue weighted by Crippen LogP contribution is -2.28. The van der Waals surface area contributed by atoms with Crippen LogP contribution in [0.25, 0.3) is 0 Å². The van der Waals surface area contributed by atoms with Crippen molar-refractivity contribution in [2.75, 3.05) is 6.61 Å². The summed E-state index contributed by atoms with van der Waals surface area (Å²) in [7, 11) is 0. The van der Waals surface area contributed by atoms with Crippen molar-refractivity contribution < 1.29 is 14.3 Å². The number of ketones is 1. The normalized spacial score (nSPS) is 10.4. The number of imidazole rings is 1. The number of benzene rings is 2. The van der Waals surface area contributed by atoms with Gasteiger partial charge in [-0.25, -0.2) is 4.98 Å². The van der Waals surface area contributed by atoms with E-state index in [1.54, 1.807) is 36.8 Å². The van der Waals surface area contributed by atoms with Gasteiger partial charge in [0.1, 0.15) is 5.75 Å². The molecule has 0 unspecified atom stereocenters. The zero-order valence-corrected chi connectivity index (χ0v) is 15.1. The van der Waals surface area contributed by atoms with Crippen LogP contribution in [-0.2, 0) is 17.9 Å². The van der Waals surface area contributed by atoms with Gasteiger partial charge in [0.05, 0.1) is 6.33 Å². The van der Waals surface area contributed by atoms with Crippen molar-refractivity contribution >= 4 is 11.7 Å². The largest absolute Gasteiger partial charge is 0.484 e. The molecule has 0 radical (unpaired) electrons. The summed E-state index contributed by atoms with van der Waals surface area (Å²) < 4.78 is 7.43. The highest BCUT2D eigenvalue weighted by molar-refractivity contribution is 5.94. The standard InChI is InChI=1S/C21H21N3O3/c1-16(25)19-6-8-20(9-7-19)27-14-21(26)23-12-17-2-4-18(5-3-17)13-24-11-10-22-15-24/h2-11,15H,12-14H2,1H3,(H,23,26). The number of carbonyl (C=O) groups excluding carboxylic acids is 2. The van der Waals surface area contributed by atoms with Gasteiger partial charge in [0.2, 0.25) is 0 Å². The number of ether oxygens (including phenoxy) is 1. The molecular formula is C21H21N3O3. The van der Waals surface area contributed by atoms with Gasteiger partial charge in [0.15, 0.2) is 12.4 Å². The maximum Gasteiger partial charge on any atom is 0.258 e. The summed E-state index contributed by atoms with van der Waals surface area (Å²) >= 11 is 0. The Morgan fingerprint density at radius 2 is 1.74 bits per heavy atom. The number of amides is 1. The Hall–Kier alpha value is -3.41. The average molecular weight is 363 g/mol. The fraction of sp³-hybridized carbons (Fsp3) is 0.190. The van der Waals surface area contributed by atoms with Crippen LogP contribution < -0.4 is 10.1 Å². The molecule has 138 valence electrons. The molecule has 6 heteroatoms. The molecule has 1 N–H and O–H groups in total. The van der Waals surface area contributed by atoms with Crippen LogP contribution in [0, 0.1) is 0 Å². The highest BCUT2D eigenvalue weighted by Gasteiger charge is 2.04. The molecule has 0 aliphatic rings. The first-order valence-corrected chi connectivity index (χ1v) is 8.64. The Balaban J connectivity index is 1.42. The first-order valence-electron chi connectivity index (χ1n) is 8.64. The molecule has 0 aliphatic carbocycles. The van der Waals surface area contributed by atoms with Crippen molar-refractivity contribution in [1.29, 1.82) is 0 Å². The Labute approximate surface area is 157 Å². The monoisotopic (exact) mass is 363 g/mol. The lowest BCUT2D eigenvalue weighted by atomic mass is 10.1. The van der Waals surface area contributed by atoms with Crippen LogP contribution in [0.5, 0.6) is 5.75 Å². The average Bonchev–Trinajstić information content (AvgIpc) is 3.19. The second kappa shape index (κ2) is 8.80. The number of carbonyl (C=O) groups is 2. The van der Waals surface area contributed by atoms with E-state index in [1.807, 2.05) is 35.0 Å². The zero-order valence-electron chi connectivity index (χ0n) is 15.1. The molecule has 1 aromatic heterocycles. The van der Waals surface area contributed by atoms with Crippen molar-refractivity contribution in [3.8, 4) is 5.75 Å². The topological polar surface area (TPSA) is 73.2 Å². The number of aromatic nitrogens is 2. The van der Waals surface area contributed by atoms with E-state index >= 15 is 0 Å². The maximum absolute atomic E-state index is 11.9. The molecule has 6 nitrogen and oxygen atoms in total. The van der Waals surface area contributed by atoms with Gasteiger partial charge in [-0.1, -0.05) is 24.3 Å². The van der Waals surface area contributed by atoms with E-state index in [0.29, 0.717) is 17.9 Å². The molecular weight excluding hydrogens is 342 g/mol. The second-order valence-corrected chi connectivity index (χ2v) is 6.20. The van der Waals surface area contributed by atoms with E-state index < -0.39 is 0 Å². The van der Waals surface area contributed by atoms with E-state index in [1.165, 1.54) is 12.5 Å². The molecule has 0 saturated carbocycles. The van der Waals surface area contributed by atoms with E-state index in [-0.39, 0.29) is 18.3 Å². The van der Waals surface area contributed by atoms with Gasteiger partial charge in [-0.3, -0.25) is 9.59 Å². The minimum absolute atomic E-state index is 0.00432. The highest BCUT2D eigenvalue weighted by Crippen LogP contribution is 2.12. The number of nitrogens with zero attached hydrogens (tertiary/aromatic N) is 2. The third-order valence-corrected chi connectivity index (χ3v) is 4.07. The van der Waals surface area contributed by atoms with Gasteiger partial charge in [-0.2, -0.15) is 0 Å². The summed E-state index contributed by atoms with van der Waals surface area (Å²) in [5, 5.41) is 2.83. The molecule has 27 heavy (non-hydrogen) atoms. The fourth-order valence-electron chi connectivity index (χ4n) is 2.54. The van der Waals surface area contributed by atoms with Crippen molar-refractivity contribution in [2.45, 2.75) is 20.0 Å². The molecule has 0 bridgehead atoms. The van der Waals surface area contributed by atoms with Gasteiger partial charge in [-0.15, -0.1) is 0 Å². The van der Waals surface area contributed by atoms with Crippen molar-refractivity contribution in [3.63, 3.8) is 0 Å². The Kier molecular flexibility index (Phi) is 5.99. The third kappa shape index (κ3) is 5.54. The van der Waals surface area contributed by atoms with Crippen LogP contribution in [0.2, 0.25) is 0 Å². The summed E-state index contributed by atoms with van der Waals surface area (Å²) in [6.07, 6.45) is 5.45. The maximum atomic E-state index is 11.9. The number of Topliss-reactive ketones (excluding diaryl/α,β-unsaturated/α-hetero) is 1. The van der Waals surface area contributed by atoms with Crippen LogP contribution in [-0.4, -0.2) is 27.8 Å². The molecule has 0 saturated heterocycles.